The van der Waals surface area contributed by atoms with Gasteiger partial charge in [-0.3, -0.25) is 4.79 Å². The standard InChI is InChI=1S/C13H20O/c1-8-6-10-11(12(10,3)4)7-13(8,5)9(2)14/h6,10-11H,7H2,1-5H3/t10-,11+,13?/m0/s1. The molecule has 2 aliphatic carbocycles. The molecule has 1 saturated carbocycles. The Balaban J connectivity index is 2.33. The monoisotopic (exact) mass is 192 g/mol. The van der Waals surface area contributed by atoms with Crippen molar-refractivity contribution in [3.8, 4) is 0 Å². The molecule has 78 valence electrons. The van der Waals surface area contributed by atoms with Crippen molar-refractivity contribution in [2.24, 2.45) is 22.7 Å². The fourth-order valence-corrected chi connectivity index (χ4v) is 2.98. The van der Waals surface area contributed by atoms with Gasteiger partial charge in [-0.05, 0) is 44.4 Å². The van der Waals surface area contributed by atoms with Gasteiger partial charge < -0.3 is 0 Å². The van der Waals surface area contributed by atoms with Crippen LogP contribution < -0.4 is 0 Å². The number of carbonyl (C=O) groups excluding carboxylic acids is 1. The van der Waals surface area contributed by atoms with E-state index in [-0.39, 0.29) is 5.41 Å². The molecular weight excluding hydrogens is 172 g/mol. The smallest absolute Gasteiger partial charge is 0.139 e. The summed E-state index contributed by atoms with van der Waals surface area (Å²) in [5.74, 6) is 1.79. The average molecular weight is 192 g/mol. The van der Waals surface area contributed by atoms with Crippen molar-refractivity contribution in [1.29, 1.82) is 0 Å². The molecule has 2 aliphatic rings. The van der Waals surface area contributed by atoms with E-state index in [1.54, 1.807) is 6.92 Å². The summed E-state index contributed by atoms with van der Waals surface area (Å²) in [6.07, 6.45) is 3.40. The van der Waals surface area contributed by atoms with Crippen molar-refractivity contribution in [3.05, 3.63) is 11.6 Å². The van der Waals surface area contributed by atoms with Crippen LogP contribution in [-0.2, 0) is 4.79 Å². The maximum absolute atomic E-state index is 11.7. The third-order valence-corrected chi connectivity index (χ3v) is 4.84. The molecule has 14 heavy (non-hydrogen) atoms. The highest BCUT2D eigenvalue weighted by Crippen LogP contribution is 2.66. The lowest BCUT2D eigenvalue weighted by Gasteiger charge is -2.31. The van der Waals surface area contributed by atoms with Crippen molar-refractivity contribution >= 4 is 5.78 Å². The van der Waals surface area contributed by atoms with Gasteiger partial charge in [-0.15, -0.1) is 0 Å². The van der Waals surface area contributed by atoms with E-state index >= 15 is 0 Å². The summed E-state index contributed by atoms with van der Waals surface area (Å²) >= 11 is 0. The van der Waals surface area contributed by atoms with Crippen LogP contribution >= 0.6 is 0 Å². The summed E-state index contributed by atoms with van der Waals surface area (Å²) in [5.41, 5.74) is 1.56. The number of rotatable bonds is 1. The molecule has 0 spiro atoms. The molecule has 1 nitrogen and oxygen atoms in total. The Morgan fingerprint density at radius 3 is 2.50 bits per heavy atom. The molecule has 0 heterocycles. The second-order valence-corrected chi connectivity index (χ2v) is 5.90. The van der Waals surface area contributed by atoms with Crippen molar-refractivity contribution < 1.29 is 4.79 Å². The zero-order chi connectivity index (χ0) is 10.7. The Bertz CT molecular complexity index is 324. The Morgan fingerprint density at radius 1 is 1.43 bits per heavy atom. The van der Waals surface area contributed by atoms with Crippen LogP contribution in [0.5, 0.6) is 0 Å². The lowest BCUT2D eigenvalue weighted by Crippen LogP contribution is -2.29. The first kappa shape index (κ1) is 9.95. The summed E-state index contributed by atoms with van der Waals surface area (Å²) < 4.78 is 0. The van der Waals surface area contributed by atoms with Crippen LogP contribution in [0.15, 0.2) is 11.6 Å². The fourth-order valence-electron chi connectivity index (χ4n) is 2.98. The van der Waals surface area contributed by atoms with E-state index < -0.39 is 0 Å². The molecule has 0 aliphatic heterocycles. The molecule has 0 radical (unpaired) electrons. The summed E-state index contributed by atoms with van der Waals surface area (Å²) in [6, 6.07) is 0. The normalized spacial score (nSPS) is 43.9. The summed E-state index contributed by atoms with van der Waals surface area (Å²) in [6.45, 7) is 10.6. The highest BCUT2D eigenvalue weighted by molar-refractivity contribution is 5.85. The van der Waals surface area contributed by atoms with E-state index in [0.29, 0.717) is 11.2 Å². The largest absolute Gasteiger partial charge is 0.299 e. The lowest BCUT2D eigenvalue weighted by molar-refractivity contribution is -0.124. The van der Waals surface area contributed by atoms with E-state index in [0.717, 1.165) is 18.3 Å². The average Bonchev–Trinajstić information content (AvgIpc) is 2.55. The topological polar surface area (TPSA) is 17.1 Å². The van der Waals surface area contributed by atoms with Gasteiger partial charge in [-0.1, -0.05) is 25.5 Å². The summed E-state index contributed by atoms with van der Waals surface area (Å²) in [5, 5.41) is 0. The molecule has 0 saturated heterocycles. The molecule has 0 aromatic rings. The van der Waals surface area contributed by atoms with Gasteiger partial charge in [0.05, 0.1) is 0 Å². The molecule has 0 N–H and O–H groups in total. The molecule has 0 aromatic carbocycles. The molecular formula is C13H20O. The van der Waals surface area contributed by atoms with Crippen LogP contribution in [0.2, 0.25) is 0 Å². The number of carbonyl (C=O) groups is 1. The second kappa shape index (κ2) is 2.50. The predicted octanol–water partition coefficient (Wildman–Crippen LogP) is 3.20. The first-order valence-corrected chi connectivity index (χ1v) is 5.50. The van der Waals surface area contributed by atoms with Gasteiger partial charge in [0.1, 0.15) is 5.78 Å². The number of fused-ring (bicyclic) bond motifs is 1. The van der Waals surface area contributed by atoms with Gasteiger partial charge in [-0.2, -0.15) is 0 Å². The van der Waals surface area contributed by atoms with Crippen LogP contribution in [-0.4, -0.2) is 5.78 Å². The first-order valence-electron chi connectivity index (χ1n) is 5.50. The van der Waals surface area contributed by atoms with E-state index in [4.69, 9.17) is 0 Å². The molecule has 3 atom stereocenters. The van der Waals surface area contributed by atoms with Crippen molar-refractivity contribution in [3.63, 3.8) is 0 Å². The predicted molar refractivity (Wildman–Crippen MR) is 57.9 cm³/mol. The van der Waals surface area contributed by atoms with Crippen LogP contribution in [0.25, 0.3) is 0 Å². The maximum Gasteiger partial charge on any atom is 0.139 e. The zero-order valence-corrected chi connectivity index (χ0v) is 9.85. The molecule has 2 rings (SSSR count). The highest BCUT2D eigenvalue weighted by atomic mass is 16.1. The third kappa shape index (κ3) is 1.04. The second-order valence-electron chi connectivity index (χ2n) is 5.90. The lowest BCUT2D eigenvalue weighted by atomic mass is 9.72. The van der Waals surface area contributed by atoms with Crippen LogP contribution in [0.4, 0.5) is 0 Å². The minimum atomic E-state index is -0.172. The molecule has 1 unspecified atom stereocenters. The Morgan fingerprint density at radius 2 is 2.00 bits per heavy atom. The van der Waals surface area contributed by atoms with E-state index in [2.05, 4.69) is 33.8 Å². The Hall–Kier alpha value is -0.590. The third-order valence-electron chi connectivity index (χ3n) is 4.84. The van der Waals surface area contributed by atoms with Crippen molar-refractivity contribution in [2.45, 2.75) is 41.0 Å². The van der Waals surface area contributed by atoms with Gasteiger partial charge in [-0.25, -0.2) is 0 Å². The number of hydrogen-bond donors (Lipinski definition) is 0. The zero-order valence-electron chi connectivity index (χ0n) is 9.85. The molecule has 0 amide bonds. The quantitative estimate of drug-likeness (QED) is 0.583. The Labute approximate surface area is 86.6 Å². The minimum Gasteiger partial charge on any atom is -0.299 e. The summed E-state index contributed by atoms with van der Waals surface area (Å²) in [4.78, 5) is 11.7. The SMILES string of the molecule is CC(=O)C1(C)C[C@@H]2[C@H](C=C1C)C2(C)C. The summed E-state index contributed by atoms with van der Waals surface area (Å²) in [7, 11) is 0. The Kier molecular flexibility index (Phi) is 1.78. The van der Waals surface area contributed by atoms with Gasteiger partial charge in [0.25, 0.3) is 0 Å². The van der Waals surface area contributed by atoms with Gasteiger partial charge in [0, 0.05) is 5.41 Å². The number of allylic oxidation sites excluding steroid dienone is 2. The molecule has 0 bridgehead atoms. The van der Waals surface area contributed by atoms with Crippen LogP contribution in [0.1, 0.15) is 41.0 Å². The molecule has 0 aromatic heterocycles. The fraction of sp³-hybridized carbons (Fsp3) is 0.769. The van der Waals surface area contributed by atoms with Crippen molar-refractivity contribution in [1.82, 2.24) is 0 Å². The molecule has 1 fully saturated rings. The van der Waals surface area contributed by atoms with Gasteiger partial charge in [0.2, 0.25) is 0 Å². The first-order chi connectivity index (χ1) is 6.30. The van der Waals surface area contributed by atoms with E-state index in [9.17, 15) is 4.79 Å². The van der Waals surface area contributed by atoms with Gasteiger partial charge in [0.15, 0.2) is 0 Å². The maximum atomic E-state index is 11.7. The number of ketones is 1. The van der Waals surface area contributed by atoms with Gasteiger partial charge >= 0.3 is 0 Å². The number of hydrogen-bond acceptors (Lipinski definition) is 1. The van der Waals surface area contributed by atoms with Crippen molar-refractivity contribution in [2.75, 3.05) is 0 Å². The van der Waals surface area contributed by atoms with E-state index in [1.165, 1.54) is 5.57 Å². The molecule has 1 heteroatoms. The van der Waals surface area contributed by atoms with E-state index in [1.807, 2.05) is 0 Å². The van der Waals surface area contributed by atoms with Crippen LogP contribution in [0.3, 0.4) is 0 Å². The minimum absolute atomic E-state index is 0.172. The number of Topliss-reactive ketones (excluding diaryl/α,β-unsaturated/α-hetero) is 1. The van der Waals surface area contributed by atoms with Crippen LogP contribution in [0, 0.1) is 22.7 Å². The highest BCUT2D eigenvalue weighted by Gasteiger charge is 2.61.